The van der Waals surface area contributed by atoms with Crippen molar-refractivity contribution in [3.8, 4) is 0 Å². The summed E-state index contributed by atoms with van der Waals surface area (Å²) in [6.07, 6.45) is 7.24. The summed E-state index contributed by atoms with van der Waals surface area (Å²) in [4.78, 5) is 17.8. The van der Waals surface area contributed by atoms with Crippen LogP contribution < -0.4 is 15.1 Å². The number of nitrogens with one attached hydrogen (secondary N) is 1. The molecule has 214 valence electrons. The maximum Gasteiger partial charge on any atom is 0.227 e. The first-order chi connectivity index (χ1) is 19.0. The summed E-state index contributed by atoms with van der Waals surface area (Å²) < 4.78 is 38.1. The molecule has 6 rings (SSSR count). The van der Waals surface area contributed by atoms with E-state index in [1.54, 1.807) is 17.2 Å². The molecule has 0 amide bonds. The Bertz CT molecular complexity index is 1530. The molecule has 3 aromatic rings. The second-order valence-electron chi connectivity index (χ2n) is 12.0. The van der Waals surface area contributed by atoms with Gasteiger partial charge in [-0.2, -0.15) is 4.98 Å². The Morgan fingerprint density at radius 1 is 1.15 bits per heavy atom. The minimum absolute atomic E-state index is 0.0312. The third kappa shape index (κ3) is 5.45. The van der Waals surface area contributed by atoms with Crippen LogP contribution in [0, 0.1) is 5.92 Å². The molecule has 2 N–H and O–H groups in total. The van der Waals surface area contributed by atoms with Gasteiger partial charge < -0.3 is 20.2 Å². The van der Waals surface area contributed by atoms with Crippen molar-refractivity contribution in [2.24, 2.45) is 5.92 Å². The van der Waals surface area contributed by atoms with Gasteiger partial charge in [-0.15, -0.1) is 0 Å². The molecule has 3 aliphatic rings. The zero-order chi connectivity index (χ0) is 28.2. The predicted octanol–water partition coefficient (Wildman–Crippen LogP) is 4.20. The molecule has 0 unspecified atom stereocenters. The van der Waals surface area contributed by atoms with Crippen LogP contribution in [-0.4, -0.2) is 77.9 Å². The monoisotopic (exact) mass is 568 g/mol. The lowest BCUT2D eigenvalue weighted by Gasteiger charge is -2.48. The highest BCUT2D eigenvalue weighted by Gasteiger charge is 2.40. The van der Waals surface area contributed by atoms with Gasteiger partial charge in [-0.25, -0.2) is 22.8 Å². The number of halogens is 1. The number of hydrogen-bond acceptors (Lipinski definition) is 9. The van der Waals surface area contributed by atoms with E-state index in [-0.39, 0.29) is 18.3 Å². The molecule has 0 spiro atoms. The van der Waals surface area contributed by atoms with Crippen molar-refractivity contribution >= 4 is 43.9 Å². The van der Waals surface area contributed by atoms with Gasteiger partial charge in [0.25, 0.3) is 0 Å². The number of anilines is 4. The second-order valence-corrected chi connectivity index (χ2v) is 14.3. The molecule has 4 atom stereocenters. The minimum atomic E-state index is -2.97. The van der Waals surface area contributed by atoms with Crippen LogP contribution in [-0.2, 0) is 9.84 Å². The van der Waals surface area contributed by atoms with E-state index in [0.29, 0.717) is 48.8 Å². The lowest BCUT2D eigenvalue weighted by molar-refractivity contribution is -0.00860. The number of pyridine rings is 1. The van der Waals surface area contributed by atoms with Gasteiger partial charge in [-0.3, -0.25) is 0 Å². The third-order valence-corrected chi connectivity index (χ3v) is 9.73. The number of aromatic nitrogens is 3. The SMILES string of the molecule is C[C@@H]1[C@@H](CCS(C)(=O)=O)CN1c1ccc(C2CC2)c2cc(Nc3ccnc(N4CC[C@@H](O)[C@@](C)(F)C4)n3)ncc12. The molecular formula is C29H37FN6O3S. The molecule has 40 heavy (non-hydrogen) atoms. The number of alkyl halides is 1. The quantitative estimate of drug-likeness (QED) is 0.413. The summed E-state index contributed by atoms with van der Waals surface area (Å²) in [6.45, 7) is 4.93. The van der Waals surface area contributed by atoms with Crippen molar-refractivity contribution in [2.75, 3.05) is 46.8 Å². The first-order valence-electron chi connectivity index (χ1n) is 14.1. The first kappa shape index (κ1) is 27.1. The Morgan fingerprint density at radius 2 is 1.95 bits per heavy atom. The van der Waals surface area contributed by atoms with E-state index in [2.05, 4.69) is 45.3 Å². The number of fused-ring (bicyclic) bond motifs is 1. The Morgan fingerprint density at radius 3 is 2.65 bits per heavy atom. The lowest BCUT2D eigenvalue weighted by atomic mass is 9.86. The molecule has 9 nitrogen and oxygen atoms in total. The van der Waals surface area contributed by atoms with E-state index in [9.17, 15) is 17.9 Å². The van der Waals surface area contributed by atoms with E-state index < -0.39 is 21.6 Å². The van der Waals surface area contributed by atoms with Crippen molar-refractivity contribution in [3.05, 3.63) is 42.2 Å². The number of hydrogen-bond donors (Lipinski definition) is 2. The van der Waals surface area contributed by atoms with Crippen LogP contribution in [0.3, 0.4) is 0 Å². The van der Waals surface area contributed by atoms with Gasteiger partial charge >= 0.3 is 0 Å². The Kier molecular flexibility index (Phi) is 6.85. The van der Waals surface area contributed by atoms with Crippen LogP contribution in [0.4, 0.5) is 27.7 Å². The standard InChI is InChI=1S/C29H37FN6O3S/c1-18-20(10-13-40(3,38)39)16-36(18)24-7-6-21(19-4-5-19)22-14-27(32-15-23(22)24)33-26-8-11-31-28(34-26)35-12-9-25(37)29(2,30)17-35/h6-8,11,14-15,18-20,25,37H,4-5,9-10,12-13,16-17H2,1-3H3,(H,31,32,33,34)/t18-,20+,25-,29+/m1/s1. The first-order valence-corrected chi connectivity index (χ1v) is 16.1. The Balaban J connectivity index is 1.24. The topological polar surface area (TPSA) is 112 Å². The molecule has 1 aromatic carbocycles. The van der Waals surface area contributed by atoms with Crippen molar-refractivity contribution in [1.82, 2.24) is 15.0 Å². The number of rotatable bonds is 8. The van der Waals surface area contributed by atoms with Crippen LogP contribution in [0.1, 0.15) is 51.0 Å². The fourth-order valence-electron chi connectivity index (χ4n) is 6.03. The molecule has 2 saturated heterocycles. The number of piperidine rings is 1. The highest BCUT2D eigenvalue weighted by Crippen LogP contribution is 2.46. The van der Waals surface area contributed by atoms with E-state index in [1.807, 2.05) is 6.20 Å². The van der Waals surface area contributed by atoms with Gasteiger partial charge in [0.15, 0.2) is 5.67 Å². The minimum Gasteiger partial charge on any atom is -0.390 e. The van der Waals surface area contributed by atoms with Crippen LogP contribution in [0.2, 0.25) is 0 Å². The smallest absolute Gasteiger partial charge is 0.227 e. The Labute approximate surface area is 234 Å². The van der Waals surface area contributed by atoms with E-state index in [1.165, 1.54) is 31.6 Å². The average Bonchev–Trinajstić information content (AvgIpc) is 3.74. The predicted molar refractivity (Wildman–Crippen MR) is 156 cm³/mol. The summed E-state index contributed by atoms with van der Waals surface area (Å²) in [5.41, 5.74) is 0.736. The van der Waals surface area contributed by atoms with Crippen LogP contribution in [0.5, 0.6) is 0 Å². The summed E-state index contributed by atoms with van der Waals surface area (Å²) in [5, 5.41) is 15.5. The second kappa shape index (κ2) is 10.1. The van der Waals surface area contributed by atoms with Gasteiger partial charge in [-0.1, -0.05) is 6.07 Å². The third-order valence-electron chi connectivity index (χ3n) is 8.75. The Hall–Kier alpha value is -3.05. The normalized spacial score (nSPS) is 27.1. The van der Waals surface area contributed by atoms with E-state index in [4.69, 9.17) is 4.98 Å². The number of nitrogens with zero attached hydrogens (tertiary/aromatic N) is 5. The van der Waals surface area contributed by atoms with Crippen LogP contribution in [0.15, 0.2) is 36.7 Å². The highest BCUT2D eigenvalue weighted by molar-refractivity contribution is 7.90. The largest absolute Gasteiger partial charge is 0.390 e. The molecule has 1 saturated carbocycles. The van der Waals surface area contributed by atoms with E-state index >= 15 is 0 Å². The lowest BCUT2D eigenvalue weighted by Crippen LogP contribution is -2.55. The number of sulfone groups is 1. The molecular weight excluding hydrogens is 531 g/mol. The fourth-order valence-corrected chi connectivity index (χ4v) is 6.76. The van der Waals surface area contributed by atoms with Crippen LogP contribution in [0.25, 0.3) is 10.8 Å². The molecule has 2 aromatic heterocycles. The molecule has 3 fully saturated rings. The van der Waals surface area contributed by atoms with Crippen molar-refractivity contribution in [1.29, 1.82) is 0 Å². The van der Waals surface area contributed by atoms with E-state index in [0.717, 1.165) is 23.0 Å². The highest BCUT2D eigenvalue weighted by atomic mass is 32.2. The van der Waals surface area contributed by atoms with Gasteiger partial charge in [0.2, 0.25) is 5.95 Å². The molecule has 1 aliphatic carbocycles. The van der Waals surface area contributed by atoms with Gasteiger partial charge in [0.1, 0.15) is 21.5 Å². The summed E-state index contributed by atoms with van der Waals surface area (Å²) in [6, 6.07) is 8.53. The molecule has 2 aliphatic heterocycles. The number of benzene rings is 1. The summed E-state index contributed by atoms with van der Waals surface area (Å²) in [5.74, 6) is 2.79. The molecule has 0 radical (unpaired) electrons. The molecule has 11 heteroatoms. The average molecular weight is 569 g/mol. The number of aliphatic hydroxyl groups is 1. The molecule has 0 bridgehead atoms. The van der Waals surface area contributed by atoms with Crippen molar-refractivity contribution in [3.63, 3.8) is 0 Å². The van der Waals surface area contributed by atoms with Crippen molar-refractivity contribution < 1.29 is 17.9 Å². The maximum atomic E-state index is 14.8. The molecule has 4 heterocycles. The zero-order valence-corrected chi connectivity index (χ0v) is 24.0. The van der Waals surface area contributed by atoms with Gasteiger partial charge in [-0.05, 0) is 80.5 Å². The maximum absolute atomic E-state index is 14.8. The van der Waals surface area contributed by atoms with Crippen molar-refractivity contribution in [2.45, 2.75) is 63.3 Å². The van der Waals surface area contributed by atoms with Gasteiger partial charge in [0, 0.05) is 48.9 Å². The summed E-state index contributed by atoms with van der Waals surface area (Å²) >= 11 is 0. The fraction of sp³-hybridized carbons (Fsp3) is 0.552. The summed E-state index contributed by atoms with van der Waals surface area (Å²) in [7, 11) is -2.97. The van der Waals surface area contributed by atoms with Gasteiger partial charge in [0.05, 0.1) is 18.4 Å². The number of aliphatic hydroxyl groups excluding tert-OH is 1. The zero-order valence-electron chi connectivity index (χ0n) is 23.2. The van der Waals surface area contributed by atoms with Crippen LogP contribution >= 0.6 is 0 Å².